The van der Waals surface area contributed by atoms with E-state index in [4.69, 9.17) is 10.5 Å². The van der Waals surface area contributed by atoms with Gasteiger partial charge in [-0.05, 0) is 0 Å². The molecule has 0 aromatic rings. The van der Waals surface area contributed by atoms with Crippen molar-refractivity contribution in [3.8, 4) is 12.1 Å². The Hall–Kier alpha value is 0.270. The molecule has 0 rings (SSSR count). The SMILES string of the molecule is N#CC#N.[Cl-].[Na+]. The minimum absolute atomic E-state index is 0. The van der Waals surface area contributed by atoms with Crippen molar-refractivity contribution < 1.29 is 42.0 Å². The van der Waals surface area contributed by atoms with Crippen molar-refractivity contribution in [1.82, 2.24) is 0 Å². The monoisotopic (exact) mass is 110 g/mol. The summed E-state index contributed by atoms with van der Waals surface area (Å²) in [5, 5.41) is 14.5. The maximum Gasteiger partial charge on any atom is 1.00 e. The predicted octanol–water partition coefficient (Wildman–Crippen LogP) is -5.96. The van der Waals surface area contributed by atoms with Crippen LogP contribution in [0.3, 0.4) is 0 Å². The van der Waals surface area contributed by atoms with E-state index in [1.54, 1.807) is 0 Å². The van der Waals surface area contributed by atoms with E-state index in [9.17, 15) is 0 Å². The van der Waals surface area contributed by atoms with Crippen molar-refractivity contribution >= 4 is 0 Å². The van der Waals surface area contributed by atoms with Crippen LogP contribution in [-0.2, 0) is 0 Å². The molecule has 0 amide bonds. The van der Waals surface area contributed by atoms with E-state index in [1.165, 1.54) is 12.1 Å². The second kappa shape index (κ2) is 18.6. The van der Waals surface area contributed by atoms with Gasteiger partial charge in [-0.3, -0.25) is 0 Å². The van der Waals surface area contributed by atoms with E-state index in [0.717, 1.165) is 0 Å². The molecule has 0 atom stereocenters. The molecule has 0 heterocycles. The van der Waals surface area contributed by atoms with Crippen LogP contribution >= 0.6 is 0 Å². The van der Waals surface area contributed by atoms with Gasteiger partial charge in [0.05, 0.1) is 0 Å². The van der Waals surface area contributed by atoms with Gasteiger partial charge in [0.25, 0.3) is 0 Å². The third-order valence-corrected chi connectivity index (χ3v) is 0.0500. The molecule has 0 bridgehead atoms. The maximum atomic E-state index is 7.26. The molecule has 0 saturated carbocycles. The van der Waals surface area contributed by atoms with Crippen LogP contribution in [0.25, 0.3) is 0 Å². The first kappa shape index (κ1) is 16.3. The van der Waals surface area contributed by atoms with Gasteiger partial charge in [-0.1, -0.05) is 0 Å². The van der Waals surface area contributed by atoms with Crippen LogP contribution in [0.5, 0.6) is 0 Å². The number of halogens is 1. The number of nitrogens with zero attached hydrogens (tertiary/aromatic N) is 2. The smallest absolute Gasteiger partial charge is 1.00 e. The Morgan fingerprint density at radius 1 is 1.00 bits per heavy atom. The van der Waals surface area contributed by atoms with Gasteiger partial charge in [-0.15, -0.1) is 0 Å². The zero-order valence-corrected chi connectivity index (χ0v) is 6.03. The first-order valence-corrected chi connectivity index (χ1v) is 0.697. The second-order valence-electron chi connectivity index (χ2n) is 0.224. The Morgan fingerprint density at radius 2 is 1.17 bits per heavy atom. The number of hydrogen-bond acceptors (Lipinski definition) is 2. The molecule has 26 valence electrons. The zero-order chi connectivity index (χ0) is 3.41. The summed E-state index contributed by atoms with van der Waals surface area (Å²) in [6, 6.07) is 2.47. The van der Waals surface area contributed by atoms with Gasteiger partial charge in [0.15, 0.2) is 12.1 Å². The summed E-state index contributed by atoms with van der Waals surface area (Å²) in [5.74, 6) is 0. The quantitative estimate of drug-likeness (QED) is 0.292. The normalized spacial score (nSPS) is 1.67. The number of rotatable bonds is 0. The Bertz CT molecular complexity index is 66.5. The van der Waals surface area contributed by atoms with Gasteiger partial charge in [0.1, 0.15) is 0 Å². The van der Waals surface area contributed by atoms with Crippen molar-refractivity contribution in [3.05, 3.63) is 0 Å². The van der Waals surface area contributed by atoms with E-state index in [-0.39, 0.29) is 42.0 Å². The molecule has 2 nitrogen and oxygen atoms in total. The van der Waals surface area contributed by atoms with Crippen molar-refractivity contribution in [2.24, 2.45) is 0 Å². The third kappa shape index (κ3) is 28.3. The summed E-state index contributed by atoms with van der Waals surface area (Å²) in [6.07, 6.45) is 0. The van der Waals surface area contributed by atoms with Gasteiger partial charge in [0.2, 0.25) is 0 Å². The number of hydrogen-bond donors (Lipinski definition) is 0. The molecule has 0 aliphatic carbocycles. The molecule has 4 heteroatoms. The molecular formula is C2ClN2Na. The minimum atomic E-state index is 0. The zero-order valence-electron chi connectivity index (χ0n) is 3.27. The van der Waals surface area contributed by atoms with E-state index < -0.39 is 0 Å². The first-order chi connectivity index (χ1) is 1.91. The molecule has 0 spiro atoms. The van der Waals surface area contributed by atoms with Crippen LogP contribution < -0.4 is 42.0 Å². The van der Waals surface area contributed by atoms with Crippen LogP contribution in [0.4, 0.5) is 0 Å². The van der Waals surface area contributed by atoms with Gasteiger partial charge in [-0.2, -0.15) is 10.5 Å². The summed E-state index contributed by atoms with van der Waals surface area (Å²) < 4.78 is 0. The van der Waals surface area contributed by atoms with E-state index >= 15 is 0 Å². The summed E-state index contributed by atoms with van der Waals surface area (Å²) in [5.41, 5.74) is 0. The third-order valence-electron chi connectivity index (χ3n) is 0.0500. The molecule has 0 N–H and O–H groups in total. The molecule has 0 aromatic carbocycles. The molecule has 0 saturated heterocycles. The summed E-state index contributed by atoms with van der Waals surface area (Å²) in [6.45, 7) is 0. The van der Waals surface area contributed by atoms with Crippen LogP contribution in [0, 0.1) is 22.7 Å². The van der Waals surface area contributed by atoms with Gasteiger partial charge >= 0.3 is 29.6 Å². The molecule has 0 aliphatic rings. The molecule has 0 aliphatic heterocycles. The topological polar surface area (TPSA) is 47.6 Å². The van der Waals surface area contributed by atoms with Crippen molar-refractivity contribution in [2.45, 2.75) is 0 Å². The Labute approximate surface area is 64.5 Å². The van der Waals surface area contributed by atoms with Crippen molar-refractivity contribution in [2.75, 3.05) is 0 Å². The first-order valence-electron chi connectivity index (χ1n) is 0.697. The Morgan fingerprint density at radius 3 is 1.17 bits per heavy atom. The standard InChI is InChI=1S/C2N2.ClH.Na/c3-1-2-4;;/h;1H;/q;;+1/p-1. The molecule has 0 radical (unpaired) electrons. The fraction of sp³-hybridized carbons (Fsp3) is 0. The summed E-state index contributed by atoms with van der Waals surface area (Å²) >= 11 is 0. The van der Waals surface area contributed by atoms with E-state index in [0.29, 0.717) is 0 Å². The Balaban J connectivity index is -0.0000000450. The fourth-order valence-corrected chi connectivity index (χ4v) is 0. The van der Waals surface area contributed by atoms with E-state index in [2.05, 4.69) is 0 Å². The molecular weight excluding hydrogens is 110 g/mol. The van der Waals surface area contributed by atoms with Crippen molar-refractivity contribution in [3.63, 3.8) is 0 Å². The van der Waals surface area contributed by atoms with Crippen LogP contribution in [0.15, 0.2) is 0 Å². The molecule has 6 heavy (non-hydrogen) atoms. The fourth-order valence-electron chi connectivity index (χ4n) is 0. The molecule has 0 aromatic heterocycles. The largest absolute Gasteiger partial charge is 1.00 e. The predicted molar refractivity (Wildman–Crippen MR) is 11.2 cm³/mol. The average molecular weight is 110 g/mol. The second-order valence-corrected chi connectivity index (χ2v) is 0.224. The molecule has 0 fully saturated rings. The molecule has 0 unspecified atom stereocenters. The van der Waals surface area contributed by atoms with Crippen LogP contribution in [-0.4, -0.2) is 0 Å². The number of nitriles is 2. The minimum Gasteiger partial charge on any atom is -1.00 e. The van der Waals surface area contributed by atoms with Gasteiger partial charge in [-0.25, -0.2) is 0 Å². The van der Waals surface area contributed by atoms with Crippen LogP contribution in [0.1, 0.15) is 0 Å². The average Bonchev–Trinajstić information content (AvgIpc) is 1.37. The van der Waals surface area contributed by atoms with Crippen molar-refractivity contribution in [1.29, 1.82) is 10.5 Å². The Kier molecular flexibility index (Phi) is 50.6. The summed E-state index contributed by atoms with van der Waals surface area (Å²) in [7, 11) is 0. The maximum absolute atomic E-state index is 7.26. The van der Waals surface area contributed by atoms with E-state index in [1.807, 2.05) is 0 Å². The van der Waals surface area contributed by atoms with Crippen LogP contribution in [0.2, 0.25) is 0 Å². The summed E-state index contributed by atoms with van der Waals surface area (Å²) in [4.78, 5) is 0. The van der Waals surface area contributed by atoms with Gasteiger partial charge in [0, 0.05) is 0 Å². The van der Waals surface area contributed by atoms with Gasteiger partial charge < -0.3 is 12.4 Å².